The quantitative estimate of drug-likeness (QED) is 0.456. The zero-order valence-corrected chi connectivity index (χ0v) is 11.8. The summed E-state index contributed by atoms with van der Waals surface area (Å²) >= 11 is 11.4. The SMILES string of the molecule is COc1c(NN)ncnc1Nc1cc(Cl)c(F)c(Cl)c1. The van der Waals surface area contributed by atoms with Crippen molar-refractivity contribution in [3.63, 3.8) is 0 Å². The Kier molecular flexibility index (Phi) is 4.43. The molecule has 0 unspecified atom stereocenters. The van der Waals surface area contributed by atoms with E-state index in [9.17, 15) is 4.39 Å². The number of ether oxygens (including phenoxy) is 1. The summed E-state index contributed by atoms with van der Waals surface area (Å²) in [5.74, 6) is 5.56. The maximum absolute atomic E-state index is 13.3. The van der Waals surface area contributed by atoms with Gasteiger partial charge in [0.15, 0.2) is 17.5 Å². The second-order valence-electron chi connectivity index (χ2n) is 3.63. The molecular weight excluding hydrogens is 308 g/mol. The highest BCUT2D eigenvalue weighted by atomic mass is 35.5. The minimum atomic E-state index is -0.683. The number of hydrazine groups is 1. The molecule has 6 nitrogen and oxygen atoms in total. The molecule has 0 aliphatic heterocycles. The zero-order valence-electron chi connectivity index (χ0n) is 10.2. The summed E-state index contributed by atoms with van der Waals surface area (Å²) in [6.45, 7) is 0. The van der Waals surface area contributed by atoms with E-state index in [1.54, 1.807) is 0 Å². The summed E-state index contributed by atoms with van der Waals surface area (Å²) in [6.07, 6.45) is 1.28. The first-order valence-corrected chi connectivity index (χ1v) is 6.09. The van der Waals surface area contributed by atoms with Crippen molar-refractivity contribution in [3.8, 4) is 5.75 Å². The maximum Gasteiger partial charge on any atom is 0.205 e. The summed E-state index contributed by atoms with van der Waals surface area (Å²) < 4.78 is 18.5. The molecule has 4 N–H and O–H groups in total. The van der Waals surface area contributed by atoms with E-state index in [0.29, 0.717) is 23.1 Å². The number of nitrogens with zero attached hydrogens (tertiary/aromatic N) is 2. The van der Waals surface area contributed by atoms with Crippen molar-refractivity contribution in [1.29, 1.82) is 0 Å². The Bertz CT molecular complexity index is 617. The average molecular weight is 318 g/mol. The van der Waals surface area contributed by atoms with Gasteiger partial charge in [-0.25, -0.2) is 20.2 Å². The Morgan fingerprint density at radius 2 is 1.80 bits per heavy atom. The van der Waals surface area contributed by atoms with Gasteiger partial charge in [0.25, 0.3) is 0 Å². The smallest absolute Gasteiger partial charge is 0.205 e. The van der Waals surface area contributed by atoms with E-state index >= 15 is 0 Å². The van der Waals surface area contributed by atoms with Crippen LogP contribution < -0.4 is 21.3 Å². The van der Waals surface area contributed by atoms with Crippen molar-refractivity contribution in [2.24, 2.45) is 5.84 Å². The highest BCUT2D eigenvalue weighted by Gasteiger charge is 2.13. The Morgan fingerprint density at radius 3 is 2.35 bits per heavy atom. The third-order valence-corrected chi connectivity index (χ3v) is 2.94. The average Bonchev–Trinajstić information content (AvgIpc) is 2.44. The molecule has 0 spiro atoms. The standard InChI is InChI=1S/C11H10Cl2FN5O/c1-20-9-10(16-4-17-11(9)19-15)18-5-2-6(12)8(14)7(13)3-5/h2-4H,15H2,1H3,(H2,16,17,18,19). The number of aromatic nitrogens is 2. The molecule has 1 aromatic carbocycles. The van der Waals surface area contributed by atoms with Gasteiger partial charge in [-0.05, 0) is 12.1 Å². The first kappa shape index (κ1) is 14.6. The number of hydrogen-bond acceptors (Lipinski definition) is 6. The van der Waals surface area contributed by atoms with Gasteiger partial charge >= 0.3 is 0 Å². The van der Waals surface area contributed by atoms with E-state index in [0.717, 1.165) is 0 Å². The Balaban J connectivity index is 2.40. The lowest BCUT2D eigenvalue weighted by Gasteiger charge is -2.13. The van der Waals surface area contributed by atoms with Crippen molar-refractivity contribution < 1.29 is 9.13 Å². The topological polar surface area (TPSA) is 85.1 Å². The van der Waals surface area contributed by atoms with Gasteiger partial charge in [-0.15, -0.1) is 0 Å². The first-order chi connectivity index (χ1) is 9.56. The number of rotatable bonds is 4. The third-order valence-electron chi connectivity index (χ3n) is 2.39. The van der Waals surface area contributed by atoms with Crippen molar-refractivity contribution in [2.75, 3.05) is 17.9 Å². The molecule has 2 aromatic rings. The van der Waals surface area contributed by atoms with Gasteiger partial charge in [-0.3, -0.25) is 0 Å². The molecular formula is C11H10Cl2FN5O. The van der Waals surface area contributed by atoms with Crippen molar-refractivity contribution in [3.05, 3.63) is 34.3 Å². The number of nitrogens with two attached hydrogens (primary N) is 1. The summed E-state index contributed by atoms with van der Waals surface area (Å²) in [5.41, 5.74) is 2.82. The molecule has 0 amide bonds. The Morgan fingerprint density at radius 1 is 1.20 bits per heavy atom. The van der Waals surface area contributed by atoms with E-state index in [-0.39, 0.29) is 10.0 Å². The molecule has 2 rings (SSSR count). The van der Waals surface area contributed by atoms with Gasteiger partial charge in [0, 0.05) is 5.69 Å². The molecule has 0 saturated heterocycles. The Labute approximate surface area is 124 Å². The van der Waals surface area contributed by atoms with Crippen LogP contribution >= 0.6 is 23.2 Å². The van der Waals surface area contributed by atoms with Crippen LogP contribution in [0.5, 0.6) is 5.75 Å². The molecule has 106 valence electrons. The van der Waals surface area contributed by atoms with E-state index in [1.807, 2.05) is 0 Å². The number of methoxy groups -OCH3 is 1. The number of halogens is 3. The summed E-state index contributed by atoms with van der Waals surface area (Å²) in [4.78, 5) is 7.91. The molecule has 1 heterocycles. The summed E-state index contributed by atoms with van der Waals surface area (Å²) in [5, 5.41) is 2.69. The van der Waals surface area contributed by atoms with E-state index in [2.05, 4.69) is 20.7 Å². The molecule has 20 heavy (non-hydrogen) atoms. The monoisotopic (exact) mass is 317 g/mol. The van der Waals surface area contributed by atoms with Gasteiger partial charge in [0.1, 0.15) is 6.33 Å². The molecule has 0 aliphatic carbocycles. The van der Waals surface area contributed by atoms with Crippen LogP contribution in [0.2, 0.25) is 10.0 Å². The van der Waals surface area contributed by atoms with E-state index in [4.69, 9.17) is 33.8 Å². The number of benzene rings is 1. The largest absolute Gasteiger partial charge is 0.490 e. The van der Waals surface area contributed by atoms with Crippen LogP contribution in [0.3, 0.4) is 0 Å². The fourth-order valence-corrected chi connectivity index (χ4v) is 2.01. The first-order valence-electron chi connectivity index (χ1n) is 5.34. The maximum atomic E-state index is 13.3. The van der Waals surface area contributed by atoms with Gasteiger partial charge in [-0.2, -0.15) is 0 Å². The molecule has 0 fully saturated rings. The zero-order chi connectivity index (χ0) is 14.7. The van der Waals surface area contributed by atoms with Crippen LogP contribution in [-0.4, -0.2) is 17.1 Å². The van der Waals surface area contributed by atoms with Crippen LogP contribution in [0, 0.1) is 5.82 Å². The van der Waals surface area contributed by atoms with Gasteiger partial charge < -0.3 is 15.5 Å². The molecule has 0 aliphatic rings. The lowest BCUT2D eigenvalue weighted by Crippen LogP contribution is -2.11. The van der Waals surface area contributed by atoms with Crippen molar-refractivity contribution >= 4 is 40.5 Å². The van der Waals surface area contributed by atoms with Crippen molar-refractivity contribution in [2.45, 2.75) is 0 Å². The molecule has 9 heteroatoms. The fourth-order valence-electron chi connectivity index (χ4n) is 1.52. The lowest BCUT2D eigenvalue weighted by molar-refractivity contribution is 0.415. The van der Waals surface area contributed by atoms with Crippen LogP contribution in [0.15, 0.2) is 18.5 Å². The summed E-state index contributed by atoms with van der Waals surface area (Å²) in [6, 6.07) is 2.75. The van der Waals surface area contributed by atoms with Crippen molar-refractivity contribution in [1.82, 2.24) is 9.97 Å². The number of nitrogen functional groups attached to an aromatic ring is 1. The molecule has 1 aromatic heterocycles. The van der Waals surface area contributed by atoms with E-state index in [1.165, 1.54) is 25.6 Å². The van der Waals surface area contributed by atoms with Gasteiger partial charge in [-0.1, -0.05) is 23.2 Å². The normalized spacial score (nSPS) is 10.2. The molecule has 0 saturated carbocycles. The second kappa shape index (κ2) is 6.08. The Hall–Kier alpha value is -1.83. The highest BCUT2D eigenvalue weighted by Crippen LogP contribution is 2.33. The van der Waals surface area contributed by atoms with E-state index < -0.39 is 5.82 Å². The number of hydrogen-bond donors (Lipinski definition) is 3. The molecule has 0 radical (unpaired) electrons. The second-order valence-corrected chi connectivity index (χ2v) is 4.44. The predicted molar refractivity (Wildman–Crippen MR) is 76.1 cm³/mol. The van der Waals surface area contributed by atoms with Gasteiger partial charge in [0.2, 0.25) is 5.75 Å². The lowest BCUT2D eigenvalue weighted by atomic mass is 10.3. The van der Waals surface area contributed by atoms with Crippen LogP contribution in [0.1, 0.15) is 0 Å². The van der Waals surface area contributed by atoms with Gasteiger partial charge in [0.05, 0.1) is 17.2 Å². The number of anilines is 3. The fraction of sp³-hybridized carbons (Fsp3) is 0.0909. The minimum Gasteiger partial charge on any atom is -0.490 e. The summed E-state index contributed by atoms with van der Waals surface area (Å²) in [7, 11) is 1.44. The van der Waals surface area contributed by atoms with Crippen LogP contribution in [0.25, 0.3) is 0 Å². The predicted octanol–water partition coefficient (Wildman–Crippen LogP) is 2.96. The highest BCUT2D eigenvalue weighted by molar-refractivity contribution is 6.35. The van der Waals surface area contributed by atoms with Crippen LogP contribution in [0.4, 0.5) is 21.7 Å². The van der Waals surface area contributed by atoms with Crippen LogP contribution in [-0.2, 0) is 0 Å². The minimum absolute atomic E-state index is 0.106. The number of nitrogens with one attached hydrogen (secondary N) is 2. The third kappa shape index (κ3) is 2.84. The molecule has 0 bridgehead atoms. The molecule has 0 atom stereocenters.